The highest BCUT2D eigenvalue weighted by Crippen LogP contribution is 2.19. The van der Waals surface area contributed by atoms with E-state index in [9.17, 15) is 4.39 Å². The van der Waals surface area contributed by atoms with E-state index in [4.69, 9.17) is 22.7 Å². The monoisotopic (exact) mass is 269 g/mol. The molecule has 0 aliphatic rings. The van der Waals surface area contributed by atoms with Gasteiger partial charge in [-0.3, -0.25) is 0 Å². The number of thiocarbonyl (C=S) groups is 1. The minimum atomic E-state index is -0.301. The van der Waals surface area contributed by atoms with Gasteiger partial charge in [0.15, 0.2) is 0 Å². The summed E-state index contributed by atoms with van der Waals surface area (Å²) < 4.78 is 18.7. The van der Waals surface area contributed by atoms with Crippen molar-refractivity contribution in [2.24, 2.45) is 11.1 Å². The van der Waals surface area contributed by atoms with Gasteiger partial charge in [-0.25, -0.2) is 4.39 Å². The third-order valence-corrected chi connectivity index (χ3v) is 2.81. The van der Waals surface area contributed by atoms with Crippen molar-refractivity contribution in [3.05, 3.63) is 35.1 Å². The molecule has 2 N–H and O–H groups in total. The number of ether oxygens (including phenoxy) is 1. The Hall–Kier alpha value is -1.00. The molecule has 1 aromatic carbocycles. The van der Waals surface area contributed by atoms with Gasteiger partial charge in [0.1, 0.15) is 10.8 Å². The topological polar surface area (TPSA) is 35.2 Å². The number of halogens is 1. The maximum Gasteiger partial charge on any atom is 0.123 e. The van der Waals surface area contributed by atoms with Crippen molar-refractivity contribution >= 4 is 17.2 Å². The van der Waals surface area contributed by atoms with Crippen molar-refractivity contribution in [2.75, 3.05) is 6.61 Å². The van der Waals surface area contributed by atoms with E-state index in [0.29, 0.717) is 24.3 Å². The summed E-state index contributed by atoms with van der Waals surface area (Å²) >= 11 is 4.93. The van der Waals surface area contributed by atoms with Gasteiger partial charge in [0, 0.05) is 12.2 Å². The number of nitrogens with two attached hydrogens (primary N) is 1. The first-order chi connectivity index (χ1) is 8.29. The lowest BCUT2D eigenvalue weighted by atomic mass is 9.93. The number of rotatable bonds is 5. The highest BCUT2D eigenvalue weighted by molar-refractivity contribution is 7.80. The van der Waals surface area contributed by atoms with Crippen molar-refractivity contribution in [3.8, 4) is 0 Å². The molecular weight excluding hydrogens is 249 g/mol. The summed E-state index contributed by atoms with van der Waals surface area (Å²) in [6.45, 7) is 7.42. The van der Waals surface area contributed by atoms with Gasteiger partial charge in [-0.2, -0.15) is 0 Å². The molecule has 0 unspecified atom stereocenters. The summed E-state index contributed by atoms with van der Waals surface area (Å²) in [6.07, 6.45) is 0.949. The van der Waals surface area contributed by atoms with Crippen molar-refractivity contribution in [1.29, 1.82) is 0 Å². The Balaban J connectivity index is 2.61. The largest absolute Gasteiger partial charge is 0.389 e. The molecule has 0 aromatic heterocycles. The van der Waals surface area contributed by atoms with Crippen LogP contribution in [0.2, 0.25) is 0 Å². The Labute approximate surface area is 113 Å². The standard InChI is InChI=1S/C14H20FNOS/c1-14(2,3)6-7-17-9-10-8-11(15)4-5-12(10)13(16)18/h4-5,8H,6-7,9H2,1-3H3,(H2,16,18). The van der Waals surface area contributed by atoms with Gasteiger partial charge in [0.2, 0.25) is 0 Å². The van der Waals surface area contributed by atoms with Gasteiger partial charge in [-0.15, -0.1) is 0 Å². The van der Waals surface area contributed by atoms with Crippen LogP contribution in [0.1, 0.15) is 38.3 Å². The number of benzene rings is 1. The zero-order chi connectivity index (χ0) is 13.8. The molecule has 0 amide bonds. The van der Waals surface area contributed by atoms with Gasteiger partial charge in [-0.1, -0.05) is 33.0 Å². The van der Waals surface area contributed by atoms with Crippen molar-refractivity contribution in [1.82, 2.24) is 0 Å². The van der Waals surface area contributed by atoms with E-state index in [1.54, 1.807) is 6.07 Å². The third-order valence-electron chi connectivity index (χ3n) is 2.59. The van der Waals surface area contributed by atoms with Crippen LogP contribution in [-0.2, 0) is 11.3 Å². The van der Waals surface area contributed by atoms with E-state index in [1.165, 1.54) is 12.1 Å². The third kappa shape index (κ3) is 5.10. The van der Waals surface area contributed by atoms with Crippen LogP contribution in [-0.4, -0.2) is 11.6 Å². The van der Waals surface area contributed by atoms with Gasteiger partial charge >= 0.3 is 0 Å². The minimum Gasteiger partial charge on any atom is -0.389 e. The summed E-state index contributed by atoms with van der Waals surface area (Å²) in [5, 5.41) is 0. The summed E-state index contributed by atoms with van der Waals surface area (Å²) in [7, 11) is 0. The zero-order valence-corrected chi connectivity index (χ0v) is 11.9. The van der Waals surface area contributed by atoms with Crippen LogP contribution in [0.3, 0.4) is 0 Å². The second-order valence-electron chi connectivity index (χ2n) is 5.53. The summed E-state index contributed by atoms with van der Waals surface area (Å²) in [4.78, 5) is 0.268. The molecule has 0 saturated carbocycles. The highest BCUT2D eigenvalue weighted by Gasteiger charge is 2.11. The molecule has 0 bridgehead atoms. The first kappa shape index (κ1) is 15.1. The Morgan fingerprint density at radius 2 is 2.06 bits per heavy atom. The van der Waals surface area contributed by atoms with Crippen LogP contribution in [0.5, 0.6) is 0 Å². The van der Waals surface area contributed by atoms with E-state index in [1.807, 2.05) is 0 Å². The Bertz CT molecular complexity index is 426. The second kappa shape index (κ2) is 6.25. The lowest BCUT2D eigenvalue weighted by Crippen LogP contribution is -2.14. The fourth-order valence-electron chi connectivity index (χ4n) is 1.48. The first-order valence-corrected chi connectivity index (χ1v) is 6.36. The quantitative estimate of drug-likeness (QED) is 0.657. The second-order valence-corrected chi connectivity index (χ2v) is 5.97. The van der Waals surface area contributed by atoms with Crippen LogP contribution in [0, 0.1) is 11.2 Å². The van der Waals surface area contributed by atoms with Crippen molar-refractivity contribution in [2.45, 2.75) is 33.8 Å². The molecule has 18 heavy (non-hydrogen) atoms. The molecule has 0 fully saturated rings. The molecular formula is C14H20FNOS. The molecule has 1 rings (SSSR count). The lowest BCUT2D eigenvalue weighted by Gasteiger charge is -2.18. The number of hydrogen-bond donors (Lipinski definition) is 1. The van der Waals surface area contributed by atoms with Crippen molar-refractivity contribution in [3.63, 3.8) is 0 Å². The van der Waals surface area contributed by atoms with E-state index in [0.717, 1.165) is 6.42 Å². The molecule has 1 aromatic rings. The zero-order valence-electron chi connectivity index (χ0n) is 11.1. The van der Waals surface area contributed by atoms with Crippen LogP contribution in [0.4, 0.5) is 4.39 Å². The molecule has 2 nitrogen and oxygen atoms in total. The molecule has 0 spiro atoms. The fraction of sp³-hybridized carbons (Fsp3) is 0.500. The summed E-state index contributed by atoms with van der Waals surface area (Å²) in [5.74, 6) is -0.301. The van der Waals surface area contributed by atoms with Gasteiger partial charge in [0.05, 0.1) is 6.61 Å². The van der Waals surface area contributed by atoms with Crippen LogP contribution >= 0.6 is 12.2 Å². The molecule has 0 saturated heterocycles. The van der Waals surface area contributed by atoms with Crippen molar-refractivity contribution < 1.29 is 9.13 Å². The highest BCUT2D eigenvalue weighted by atomic mass is 32.1. The molecule has 0 atom stereocenters. The molecule has 0 aliphatic heterocycles. The normalized spacial score (nSPS) is 11.6. The summed E-state index contributed by atoms with van der Waals surface area (Å²) in [5.41, 5.74) is 7.21. The van der Waals surface area contributed by atoms with Gasteiger partial charge < -0.3 is 10.5 Å². The predicted molar refractivity (Wildman–Crippen MR) is 76.0 cm³/mol. The lowest BCUT2D eigenvalue weighted by molar-refractivity contribution is 0.0960. The van der Waals surface area contributed by atoms with Crippen LogP contribution in [0.15, 0.2) is 18.2 Å². The van der Waals surface area contributed by atoms with Gasteiger partial charge in [-0.05, 0) is 35.6 Å². The smallest absolute Gasteiger partial charge is 0.123 e. The molecule has 0 aliphatic carbocycles. The fourth-order valence-corrected chi connectivity index (χ4v) is 1.68. The maximum atomic E-state index is 13.2. The van der Waals surface area contributed by atoms with E-state index in [2.05, 4.69) is 20.8 Å². The Morgan fingerprint density at radius 3 is 2.61 bits per heavy atom. The maximum absolute atomic E-state index is 13.2. The number of hydrogen-bond acceptors (Lipinski definition) is 2. The minimum absolute atomic E-state index is 0.230. The van der Waals surface area contributed by atoms with Crippen LogP contribution < -0.4 is 5.73 Å². The molecule has 4 heteroatoms. The Morgan fingerprint density at radius 1 is 1.39 bits per heavy atom. The van der Waals surface area contributed by atoms with E-state index < -0.39 is 0 Å². The molecule has 0 heterocycles. The van der Waals surface area contributed by atoms with E-state index >= 15 is 0 Å². The average Bonchev–Trinajstić information content (AvgIpc) is 2.22. The Kier molecular flexibility index (Phi) is 5.23. The molecule has 0 radical (unpaired) electrons. The van der Waals surface area contributed by atoms with Crippen LogP contribution in [0.25, 0.3) is 0 Å². The SMILES string of the molecule is CC(C)(C)CCOCc1cc(F)ccc1C(N)=S. The predicted octanol–water partition coefficient (Wildman–Crippen LogP) is 3.41. The summed E-state index contributed by atoms with van der Waals surface area (Å²) in [6, 6.07) is 4.37. The average molecular weight is 269 g/mol. The first-order valence-electron chi connectivity index (χ1n) is 5.95. The molecule has 100 valence electrons. The van der Waals surface area contributed by atoms with E-state index in [-0.39, 0.29) is 16.2 Å². The van der Waals surface area contributed by atoms with Gasteiger partial charge in [0.25, 0.3) is 0 Å².